The van der Waals surface area contributed by atoms with Crippen LogP contribution in [0.5, 0.6) is 0 Å². The van der Waals surface area contributed by atoms with Crippen LogP contribution >= 0.6 is 0 Å². The first-order valence-corrected chi connectivity index (χ1v) is 7.93. The first-order valence-electron chi connectivity index (χ1n) is 7.93. The number of hydrogen-bond donors (Lipinski definition) is 2. The van der Waals surface area contributed by atoms with Gasteiger partial charge in [0.25, 0.3) is 5.91 Å². The van der Waals surface area contributed by atoms with Gasteiger partial charge in [0.1, 0.15) is 0 Å². The topological polar surface area (TPSA) is 84.5 Å². The van der Waals surface area contributed by atoms with Gasteiger partial charge in [0.05, 0.1) is 12.5 Å². The fourth-order valence-electron chi connectivity index (χ4n) is 2.73. The Labute approximate surface area is 135 Å². The fraction of sp³-hybridized carbons (Fsp3) is 0.471. The lowest BCUT2D eigenvalue weighted by Crippen LogP contribution is -2.45. The molecule has 1 aliphatic carbocycles. The predicted octanol–water partition coefficient (Wildman–Crippen LogP) is 1.82. The number of ether oxygens (including phenoxy) is 1. The molecule has 0 aliphatic heterocycles. The molecule has 0 spiro atoms. The van der Waals surface area contributed by atoms with Gasteiger partial charge in [0.2, 0.25) is 5.91 Å². The molecule has 1 saturated carbocycles. The Kier molecular flexibility index (Phi) is 6.14. The minimum absolute atomic E-state index is 0.113. The van der Waals surface area contributed by atoms with Crippen LogP contribution in [0.2, 0.25) is 0 Å². The maximum absolute atomic E-state index is 12.1. The molecule has 1 aliphatic rings. The van der Waals surface area contributed by atoms with Crippen LogP contribution in [0.1, 0.15) is 43.0 Å². The molecular formula is C17H22N2O4. The highest BCUT2D eigenvalue weighted by Crippen LogP contribution is 2.29. The smallest absolute Gasteiger partial charge is 0.308 e. The molecule has 1 aromatic carbocycles. The lowest BCUT2D eigenvalue weighted by molar-refractivity contribution is -0.150. The second-order valence-corrected chi connectivity index (χ2v) is 5.61. The summed E-state index contributed by atoms with van der Waals surface area (Å²) in [5.41, 5.74) is 5.37. The average Bonchev–Trinajstić information content (AvgIpc) is 2.60. The zero-order valence-electron chi connectivity index (χ0n) is 13.2. The lowest BCUT2D eigenvalue weighted by Gasteiger charge is -2.26. The van der Waals surface area contributed by atoms with Gasteiger partial charge in [-0.05, 0) is 44.7 Å². The fourth-order valence-corrected chi connectivity index (χ4v) is 2.73. The van der Waals surface area contributed by atoms with Crippen molar-refractivity contribution in [2.45, 2.75) is 32.6 Å². The van der Waals surface area contributed by atoms with E-state index in [4.69, 9.17) is 4.74 Å². The maximum Gasteiger partial charge on any atom is 0.308 e. The highest BCUT2D eigenvalue weighted by atomic mass is 16.5. The van der Waals surface area contributed by atoms with Crippen LogP contribution in [-0.2, 0) is 14.3 Å². The summed E-state index contributed by atoms with van der Waals surface area (Å²) in [6.07, 6.45) is 2.53. The molecule has 0 radical (unpaired) electrons. The van der Waals surface area contributed by atoms with Crippen molar-refractivity contribution in [1.82, 2.24) is 10.9 Å². The van der Waals surface area contributed by atoms with E-state index in [1.54, 1.807) is 31.2 Å². The summed E-state index contributed by atoms with van der Waals surface area (Å²) in [6.45, 7) is 2.16. The van der Waals surface area contributed by atoms with Crippen molar-refractivity contribution < 1.29 is 19.1 Å². The van der Waals surface area contributed by atoms with E-state index in [2.05, 4.69) is 10.9 Å². The Hall–Kier alpha value is -2.37. The molecule has 0 saturated heterocycles. The lowest BCUT2D eigenvalue weighted by atomic mass is 9.81. The third-order valence-electron chi connectivity index (χ3n) is 4.05. The molecule has 1 aromatic rings. The summed E-state index contributed by atoms with van der Waals surface area (Å²) >= 11 is 0. The zero-order chi connectivity index (χ0) is 16.7. The molecule has 1 fully saturated rings. The van der Waals surface area contributed by atoms with Crippen LogP contribution in [0.25, 0.3) is 0 Å². The first-order chi connectivity index (χ1) is 11.1. The molecule has 0 atom stereocenters. The quantitative estimate of drug-likeness (QED) is 0.655. The Balaban J connectivity index is 1.75. The van der Waals surface area contributed by atoms with Crippen LogP contribution in [0.3, 0.4) is 0 Å². The van der Waals surface area contributed by atoms with E-state index >= 15 is 0 Å². The van der Waals surface area contributed by atoms with Crippen molar-refractivity contribution in [3.8, 4) is 0 Å². The van der Waals surface area contributed by atoms with Gasteiger partial charge in [-0.2, -0.15) is 0 Å². The van der Waals surface area contributed by atoms with E-state index in [0.717, 1.165) is 0 Å². The Morgan fingerprint density at radius 2 is 1.61 bits per heavy atom. The third kappa shape index (κ3) is 4.81. The van der Waals surface area contributed by atoms with Gasteiger partial charge < -0.3 is 4.74 Å². The maximum atomic E-state index is 12.1. The largest absolute Gasteiger partial charge is 0.466 e. The monoisotopic (exact) mass is 318 g/mol. The van der Waals surface area contributed by atoms with Gasteiger partial charge in [0, 0.05) is 11.5 Å². The molecule has 6 heteroatoms. The number of hydrogen-bond acceptors (Lipinski definition) is 4. The third-order valence-corrected chi connectivity index (χ3v) is 4.05. The van der Waals surface area contributed by atoms with Crippen LogP contribution in [-0.4, -0.2) is 24.4 Å². The number of nitrogens with one attached hydrogen (secondary N) is 2. The highest BCUT2D eigenvalue weighted by Gasteiger charge is 2.30. The van der Waals surface area contributed by atoms with Crippen molar-refractivity contribution in [3.05, 3.63) is 35.9 Å². The van der Waals surface area contributed by atoms with E-state index in [-0.39, 0.29) is 29.6 Å². The number of benzene rings is 1. The SMILES string of the molecule is CCOC(=O)C1CCC(C(=O)NNC(=O)c2ccccc2)CC1. The number of hydrazine groups is 1. The summed E-state index contributed by atoms with van der Waals surface area (Å²) in [6, 6.07) is 8.68. The number of esters is 1. The molecule has 124 valence electrons. The van der Waals surface area contributed by atoms with Gasteiger partial charge in [0.15, 0.2) is 0 Å². The normalized spacial score (nSPS) is 20.4. The van der Waals surface area contributed by atoms with Crippen molar-refractivity contribution in [1.29, 1.82) is 0 Å². The Morgan fingerprint density at radius 3 is 2.22 bits per heavy atom. The molecule has 2 amide bonds. The Bertz CT molecular complexity index is 551. The van der Waals surface area contributed by atoms with E-state index in [1.807, 2.05) is 6.07 Å². The van der Waals surface area contributed by atoms with Crippen molar-refractivity contribution in [2.24, 2.45) is 11.8 Å². The summed E-state index contributed by atoms with van der Waals surface area (Å²) in [4.78, 5) is 35.6. The van der Waals surface area contributed by atoms with E-state index in [0.29, 0.717) is 37.9 Å². The van der Waals surface area contributed by atoms with Crippen molar-refractivity contribution in [3.63, 3.8) is 0 Å². The van der Waals surface area contributed by atoms with Gasteiger partial charge in [-0.1, -0.05) is 18.2 Å². The van der Waals surface area contributed by atoms with Gasteiger partial charge >= 0.3 is 5.97 Å². The number of rotatable bonds is 4. The van der Waals surface area contributed by atoms with Crippen molar-refractivity contribution >= 4 is 17.8 Å². The van der Waals surface area contributed by atoms with Gasteiger partial charge in [-0.15, -0.1) is 0 Å². The second-order valence-electron chi connectivity index (χ2n) is 5.61. The molecule has 23 heavy (non-hydrogen) atoms. The Morgan fingerprint density at radius 1 is 1.00 bits per heavy atom. The molecule has 2 N–H and O–H groups in total. The van der Waals surface area contributed by atoms with E-state index < -0.39 is 0 Å². The first kappa shape index (κ1) is 17.0. The predicted molar refractivity (Wildman–Crippen MR) is 84.1 cm³/mol. The van der Waals surface area contributed by atoms with E-state index in [1.165, 1.54) is 0 Å². The zero-order valence-corrected chi connectivity index (χ0v) is 13.2. The van der Waals surface area contributed by atoms with Gasteiger partial charge in [-0.25, -0.2) is 0 Å². The molecule has 2 rings (SSSR count). The molecule has 0 unspecified atom stereocenters. The summed E-state index contributed by atoms with van der Waals surface area (Å²) in [5, 5.41) is 0. The van der Waals surface area contributed by atoms with Crippen LogP contribution in [0.15, 0.2) is 30.3 Å². The minimum atomic E-state index is -0.348. The standard InChI is InChI=1S/C17H22N2O4/c1-2-23-17(22)14-10-8-13(9-11-14)16(21)19-18-15(20)12-6-4-3-5-7-12/h3-7,13-14H,2,8-11H2,1H3,(H,18,20)(H,19,21). The molecule has 0 bridgehead atoms. The van der Waals surface area contributed by atoms with Crippen LogP contribution < -0.4 is 10.9 Å². The van der Waals surface area contributed by atoms with Gasteiger partial charge in [-0.3, -0.25) is 25.2 Å². The minimum Gasteiger partial charge on any atom is -0.466 e. The van der Waals surface area contributed by atoms with Crippen LogP contribution in [0, 0.1) is 11.8 Å². The molecule has 0 aromatic heterocycles. The summed E-state index contributed by atoms with van der Waals surface area (Å²) < 4.78 is 5.01. The molecule has 0 heterocycles. The molecule has 6 nitrogen and oxygen atoms in total. The molecular weight excluding hydrogens is 296 g/mol. The second kappa shape index (κ2) is 8.31. The number of carbonyl (C=O) groups is 3. The number of amides is 2. The average molecular weight is 318 g/mol. The number of carbonyl (C=O) groups excluding carboxylic acids is 3. The summed E-state index contributed by atoms with van der Waals surface area (Å²) in [7, 11) is 0. The highest BCUT2D eigenvalue weighted by molar-refractivity contribution is 5.95. The van der Waals surface area contributed by atoms with E-state index in [9.17, 15) is 14.4 Å². The van der Waals surface area contributed by atoms with Crippen molar-refractivity contribution in [2.75, 3.05) is 6.61 Å². The van der Waals surface area contributed by atoms with Crippen LogP contribution in [0.4, 0.5) is 0 Å². The summed E-state index contributed by atoms with van der Waals surface area (Å²) in [5.74, 6) is -1.03.